The summed E-state index contributed by atoms with van der Waals surface area (Å²) in [6.07, 6.45) is 0. The van der Waals surface area contributed by atoms with Gasteiger partial charge in [-0.2, -0.15) is 5.10 Å². The lowest BCUT2D eigenvalue weighted by Crippen LogP contribution is -2.31. The van der Waals surface area contributed by atoms with Crippen LogP contribution in [0.25, 0.3) is 10.8 Å². The second-order valence-corrected chi connectivity index (χ2v) is 5.83. The van der Waals surface area contributed by atoms with E-state index in [-0.39, 0.29) is 17.9 Å². The Morgan fingerprint density at radius 1 is 1.15 bits per heavy atom. The van der Waals surface area contributed by atoms with E-state index in [2.05, 4.69) is 15.7 Å². The molecule has 0 fully saturated rings. The molecule has 3 rings (SSSR count). The second kappa shape index (κ2) is 8.41. The maximum absolute atomic E-state index is 12.9. The highest BCUT2D eigenvalue weighted by atomic mass is 19.1. The van der Waals surface area contributed by atoms with Gasteiger partial charge in [0.2, 0.25) is 0 Å². The Bertz CT molecular complexity index is 1000. The van der Waals surface area contributed by atoms with Gasteiger partial charge in [0.1, 0.15) is 5.82 Å². The number of urea groups is 1. The molecule has 7 nitrogen and oxygen atoms in total. The second-order valence-electron chi connectivity index (χ2n) is 5.83. The lowest BCUT2D eigenvalue weighted by molar-refractivity contribution is 0.181. The summed E-state index contributed by atoms with van der Waals surface area (Å²) in [7, 11) is 1.55. The van der Waals surface area contributed by atoms with Crippen molar-refractivity contribution in [2.45, 2.75) is 13.1 Å². The summed E-state index contributed by atoms with van der Waals surface area (Å²) >= 11 is 0. The molecule has 27 heavy (non-hydrogen) atoms. The van der Waals surface area contributed by atoms with Gasteiger partial charge in [0.25, 0.3) is 5.56 Å². The molecule has 1 aromatic heterocycles. The molecule has 0 saturated heterocycles. The fraction of sp³-hybridized carbons (Fsp3) is 0.211. The Morgan fingerprint density at radius 3 is 2.56 bits per heavy atom. The number of nitrogens with zero attached hydrogens (tertiary/aromatic N) is 2. The van der Waals surface area contributed by atoms with Gasteiger partial charge >= 0.3 is 6.03 Å². The number of fused-ring (bicyclic) bond motifs is 1. The Morgan fingerprint density at radius 2 is 1.85 bits per heavy atom. The van der Waals surface area contributed by atoms with Gasteiger partial charge in [0, 0.05) is 18.2 Å². The molecule has 1 heterocycles. The number of anilines is 1. The zero-order valence-electron chi connectivity index (χ0n) is 14.7. The number of amides is 2. The van der Waals surface area contributed by atoms with Crippen LogP contribution in [0.15, 0.2) is 53.3 Å². The number of methoxy groups -OCH3 is 1. The third-order valence-corrected chi connectivity index (χ3v) is 3.97. The van der Waals surface area contributed by atoms with E-state index in [1.54, 1.807) is 25.3 Å². The zero-order chi connectivity index (χ0) is 19.2. The van der Waals surface area contributed by atoms with Crippen LogP contribution in [0.3, 0.4) is 0 Å². The predicted octanol–water partition coefficient (Wildman–Crippen LogP) is 2.50. The summed E-state index contributed by atoms with van der Waals surface area (Å²) in [5.41, 5.74) is 0.828. The molecule has 2 amide bonds. The largest absolute Gasteiger partial charge is 0.383 e. The Hall–Kier alpha value is -3.26. The normalized spacial score (nSPS) is 10.7. The van der Waals surface area contributed by atoms with Crippen molar-refractivity contribution in [2.75, 3.05) is 19.0 Å². The number of carbonyl (C=O) groups excluding carboxylic acids is 1. The number of carbonyl (C=O) groups is 1. The van der Waals surface area contributed by atoms with Crippen LogP contribution in [0.4, 0.5) is 14.9 Å². The van der Waals surface area contributed by atoms with Crippen LogP contribution in [-0.2, 0) is 17.8 Å². The molecule has 8 heteroatoms. The standard InChI is InChI=1S/C19H19FN4O3/c1-27-11-10-24-18(25)16-5-3-2-4-15(16)17(23-24)12-21-19(26)22-14-8-6-13(20)7-9-14/h2-9H,10-12H2,1H3,(H2,21,22,26). The van der Waals surface area contributed by atoms with Gasteiger partial charge in [0.15, 0.2) is 0 Å². The molecule has 0 radical (unpaired) electrons. The van der Waals surface area contributed by atoms with E-state index in [0.29, 0.717) is 35.3 Å². The Kier molecular flexibility index (Phi) is 5.77. The highest BCUT2D eigenvalue weighted by molar-refractivity contribution is 5.89. The Labute approximate surface area is 154 Å². The number of ether oxygens (including phenoxy) is 1. The molecule has 2 aromatic carbocycles. The van der Waals surface area contributed by atoms with E-state index in [4.69, 9.17) is 4.74 Å². The van der Waals surface area contributed by atoms with Crippen LogP contribution in [0.2, 0.25) is 0 Å². The molecule has 0 spiro atoms. The number of hydrogen-bond acceptors (Lipinski definition) is 4. The van der Waals surface area contributed by atoms with Crippen molar-refractivity contribution in [2.24, 2.45) is 0 Å². The molecular formula is C19H19FN4O3. The number of benzene rings is 2. The average molecular weight is 370 g/mol. The summed E-state index contributed by atoms with van der Waals surface area (Å²) < 4.78 is 19.3. The predicted molar refractivity (Wildman–Crippen MR) is 100 cm³/mol. The summed E-state index contributed by atoms with van der Waals surface area (Å²) in [6.45, 7) is 0.791. The van der Waals surface area contributed by atoms with E-state index >= 15 is 0 Å². The van der Waals surface area contributed by atoms with Crippen molar-refractivity contribution in [3.05, 3.63) is 70.4 Å². The van der Waals surface area contributed by atoms with E-state index < -0.39 is 6.03 Å². The van der Waals surface area contributed by atoms with Crippen molar-refractivity contribution in [3.63, 3.8) is 0 Å². The minimum Gasteiger partial charge on any atom is -0.383 e. The molecule has 0 bridgehead atoms. The maximum Gasteiger partial charge on any atom is 0.319 e. The zero-order valence-corrected chi connectivity index (χ0v) is 14.7. The third kappa shape index (κ3) is 4.48. The molecule has 2 N–H and O–H groups in total. The van der Waals surface area contributed by atoms with Gasteiger partial charge in [-0.15, -0.1) is 0 Å². The van der Waals surface area contributed by atoms with Crippen LogP contribution in [0, 0.1) is 5.82 Å². The third-order valence-electron chi connectivity index (χ3n) is 3.97. The van der Waals surface area contributed by atoms with Crippen LogP contribution >= 0.6 is 0 Å². The highest BCUT2D eigenvalue weighted by Gasteiger charge is 2.11. The van der Waals surface area contributed by atoms with E-state index in [0.717, 1.165) is 0 Å². The topological polar surface area (TPSA) is 85.2 Å². The van der Waals surface area contributed by atoms with Crippen LogP contribution < -0.4 is 16.2 Å². The molecular weight excluding hydrogens is 351 g/mol. The van der Waals surface area contributed by atoms with Crippen LogP contribution in [0.1, 0.15) is 5.69 Å². The van der Waals surface area contributed by atoms with Gasteiger partial charge in [-0.25, -0.2) is 13.9 Å². The van der Waals surface area contributed by atoms with Crippen LogP contribution in [0.5, 0.6) is 0 Å². The molecule has 0 unspecified atom stereocenters. The van der Waals surface area contributed by atoms with Crippen molar-refractivity contribution in [3.8, 4) is 0 Å². The molecule has 0 aliphatic rings. The number of hydrogen-bond donors (Lipinski definition) is 2. The monoisotopic (exact) mass is 370 g/mol. The first-order valence-corrected chi connectivity index (χ1v) is 8.36. The van der Waals surface area contributed by atoms with Gasteiger partial charge in [0.05, 0.1) is 30.8 Å². The molecule has 0 aliphatic carbocycles. The van der Waals surface area contributed by atoms with Gasteiger partial charge in [-0.3, -0.25) is 4.79 Å². The smallest absolute Gasteiger partial charge is 0.319 e. The number of aromatic nitrogens is 2. The summed E-state index contributed by atoms with van der Waals surface area (Å²) in [5, 5.41) is 10.9. The number of nitrogens with one attached hydrogen (secondary N) is 2. The molecule has 3 aromatic rings. The Balaban J connectivity index is 1.79. The quantitative estimate of drug-likeness (QED) is 0.698. The fourth-order valence-corrected chi connectivity index (χ4v) is 2.64. The first kappa shape index (κ1) is 18.5. The van der Waals surface area contributed by atoms with Crippen molar-refractivity contribution >= 4 is 22.5 Å². The van der Waals surface area contributed by atoms with Crippen molar-refractivity contribution < 1.29 is 13.9 Å². The fourth-order valence-electron chi connectivity index (χ4n) is 2.64. The van der Waals surface area contributed by atoms with Crippen molar-refractivity contribution in [1.29, 1.82) is 0 Å². The van der Waals surface area contributed by atoms with E-state index in [1.807, 2.05) is 6.07 Å². The summed E-state index contributed by atoms with van der Waals surface area (Å²) in [6, 6.07) is 12.1. The molecule has 0 aliphatic heterocycles. The van der Waals surface area contributed by atoms with Crippen molar-refractivity contribution in [1.82, 2.24) is 15.1 Å². The number of rotatable bonds is 6. The lowest BCUT2D eigenvalue weighted by Gasteiger charge is -2.12. The van der Waals surface area contributed by atoms with Gasteiger partial charge in [-0.05, 0) is 30.3 Å². The highest BCUT2D eigenvalue weighted by Crippen LogP contribution is 2.13. The van der Waals surface area contributed by atoms with Gasteiger partial charge in [-0.1, -0.05) is 18.2 Å². The lowest BCUT2D eigenvalue weighted by atomic mass is 10.1. The minimum absolute atomic E-state index is 0.126. The summed E-state index contributed by atoms with van der Waals surface area (Å²) in [4.78, 5) is 24.6. The molecule has 0 saturated carbocycles. The van der Waals surface area contributed by atoms with Gasteiger partial charge < -0.3 is 15.4 Å². The molecule has 0 atom stereocenters. The maximum atomic E-state index is 12.9. The first-order valence-electron chi connectivity index (χ1n) is 8.36. The van der Waals surface area contributed by atoms with Crippen LogP contribution in [-0.4, -0.2) is 29.5 Å². The molecule has 140 valence electrons. The number of halogens is 1. The SMILES string of the molecule is COCCn1nc(CNC(=O)Nc2ccc(F)cc2)c2ccccc2c1=O. The van der Waals surface area contributed by atoms with E-state index in [9.17, 15) is 14.0 Å². The average Bonchev–Trinajstić information content (AvgIpc) is 2.68. The minimum atomic E-state index is -0.456. The summed E-state index contributed by atoms with van der Waals surface area (Å²) in [5.74, 6) is -0.380. The van der Waals surface area contributed by atoms with E-state index in [1.165, 1.54) is 28.9 Å². The first-order chi connectivity index (χ1) is 13.1.